The van der Waals surface area contributed by atoms with Crippen molar-refractivity contribution in [3.8, 4) is 11.3 Å². The van der Waals surface area contributed by atoms with E-state index in [1.807, 2.05) is 51.1 Å². The van der Waals surface area contributed by atoms with Gasteiger partial charge in [-0.05, 0) is 70.1 Å². The molecule has 4 rings (SSSR count). The second kappa shape index (κ2) is 8.50. The summed E-state index contributed by atoms with van der Waals surface area (Å²) in [5.41, 5.74) is 7.47. The third-order valence-electron chi connectivity index (χ3n) is 6.23. The van der Waals surface area contributed by atoms with E-state index in [1.54, 1.807) is 6.92 Å². The second-order valence-electron chi connectivity index (χ2n) is 8.56. The number of anilines is 1. The van der Waals surface area contributed by atoms with Crippen molar-refractivity contribution in [2.24, 2.45) is 0 Å². The maximum atomic E-state index is 13.3. The fourth-order valence-corrected chi connectivity index (χ4v) is 4.31. The third kappa shape index (κ3) is 4.05. The monoisotopic (exact) mass is 415 g/mol. The van der Waals surface area contributed by atoms with E-state index < -0.39 is 6.04 Å². The molecule has 0 radical (unpaired) electrons. The van der Waals surface area contributed by atoms with E-state index in [2.05, 4.69) is 17.4 Å². The van der Waals surface area contributed by atoms with E-state index in [0.29, 0.717) is 0 Å². The molecule has 1 aliphatic carbocycles. The van der Waals surface area contributed by atoms with Crippen LogP contribution >= 0.6 is 0 Å². The highest BCUT2D eigenvalue weighted by atomic mass is 16.2. The molecule has 0 saturated heterocycles. The van der Waals surface area contributed by atoms with E-state index in [9.17, 15) is 9.59 Å². The van der Waals surface area contributed by atoms with Crippen molar-refractivity contribution in [1.82, 2.24) is 9.78 Å². The Labute approximate surface area is 183 Å². The van der Waals surface area contributed by atoms with Crippen molar-refractivity contribution in [3.63, 3.8) is 0 Å². The summed E-state index contributed by atoms with van der Waals surface area (Å²) in [6.45, 7) is 7.72. The maximum Gasteiger partial charge on any atom is 0.271 e. The number of fused-ring (bicyclic) bond motifs is 1. The molecule has 0 aliphatic heterocycles. The molecular formula is C26H29N3O2. The van der Waals surface area contributed by atoms with Crippen LogP contribution in [0, 0.1) is 20.8 Å². The third-order valence-corrected chi connectivity index (χ3v) is 6.23. The SMILES string of the molecule is Cc1ccc(-c2nn([C@H](C)C(=O)Nc3c(C)cccc3C)c(=O)c3c2CCCC3)cc1. The number of nitrogens with one attached hydrogen (secondary N) is 1. The second-order valence-corrected chi connectivity index (χ2v) is 8.56. The van der Waals surface area contributed by atoms with Crippen LogP contribution in [0.4, 0.5) is 5.69 Å². The molecule has 0 unspecified atom stereocenters. The Kier molecular flexibility index (Phi) is 5.77. The van der Waals surface area contributed by atoms with Gasteiger partial charge < -0.3 is 5.32 Å². The summed E-state index contributed by atoms with van der Waals surface area (Å²) in [7, 11) is 0. The van der Waals surface area contributed by atoms with Gasteiger partial charge in [0.05, 0.1) is 5.69 Å². The number of carbonyl (C=O) groups is 1. The Morgan fingerprint density at radius 2 is 1.58 bits per heavy atom. The fraction of sp³-hybridized carbons (Fsp3) is 0.346. The molecule has 1 atom stereocenters. The molecule has 0 saturated carbocycles. The lowest BCUT2D eigenvalue weighted by Gasteiger charge is -2.23. The largest absolute Gasteiger partial charge is 0.324 e. The van der Waals surface area contributed by atoms with E-state index in [0.717, 1.165) is 64.9 Å². The van der Waals surface area contributed by atoms with Gasteiger partial charge in [-0.15, -0.1) is 0 Å². The average Bonchev–Trinajstić information content (AvgIpc) is 2.77. The summed E-state index contributed by atoms with van der Waals surface area (Å²) in [6.07, 6.45) is 3.63. The number of rotatable bonds is 4. The number of nitrogens with zero attached hydrogens (tertiary/aromatic N) is 2. The molecule has 1 aromatic heterocycles. The molecule has 0 fully saturated rings. The quantitative estimate of drug-likeness (QED) is 0.658. The maximum absolute atomic E-state index is 13.3. The topological polar surface area (TPSA) is 64.0 Å². The minimum Gasteiger partial charge on any atom is -0.324 e. The van der Waals surface area contributed by atoms with Gasteiger partial charge in [-0.2, -0.15) is 5.10 Å². The van der Waals surface area contributed by atoms with Crippen LogP contribution in [-0.4, -0.2) is 15.7 Å². The fourth-order valence-electron chi connectivity index (χ4n) is 4.31. The Morgan fingerprint density at radius 1 is 0.968 bits per heavy atom. The highest BCUT2D eigenvalue weighted by Gasteiger charge is 2.26. The predicted octanol–water partition coefficient (Wildman–Crippen LogP) is 4.91. The molecule has 31 heavy (non-hydrogen) atoms. The first-order valence-corrected chi connectivity index (χ1v) is 11.0. The summed E-state index contributed by atoms with van der Waals surface area (Å²) in [6, 6.07) is 13.4. The van der Waals surface area contributed by atoms with E-state index in [4.69, 9.17) is 5.10 Å². The molecule has 160 valence electrons. The van der Waals surface area contributed by atoms with Crippen LogP contribution in [0.5, 0.6) is 0 Å². The molecule has 2 aromatic carbocycles. The van der Waals surface area contributed by atoms with Crippen molar-refractivity contribution in [2.75, 3.05) is 5.32 Å². The number of aromatic nitrogens is 2. The molecule has 1 heterocycles. The molecular weight excluding hydrogens is 386 g/mol. The number of benzene rings is 2. The van der Waals surface area contributed by atoms with E-state index in [-0.39, 0.29) is 11.5 Å². The number of hydrogen-bond donors (Lipinski definition) is 1. The van der Waals surface area contributed by atoms with Crippen molar-refractivity contribution in [2.45, 2.75) is 59.4 Å². The van der Waals surface area contributed by atoms with E-state index >= 15 is 0 Å². The van der Waals surface area contributed by atoms with Gasteiger partial charge in [0.25, 0.3) is 5.56 Å². The highest BCUT2D eigenvalue weighted by Crippen LogP contribution is 2.29. The zero-order valence-corrected chi connectivity index (χ0v) is 18.7. The van der Waals surface area contributed by atoms with Crippen LogP contribution in [0.25, 0.3) is 11.3 Å². The lowest BCUT2D eigenvalue weighted by Crippen LogP contribution is -2.37. The molecule has 5 nitrogen and oxygen atoms in total. The van der Waals surface area contributed by atoms with Crippen LogP contribution in [0.3, 0.4) is 0 Å². The first-order chi connectivity index (χ1) is 14.9. The van der Waals surface area contributed by atoms with Crippen molar-refractivity contribution < 1.29 is 4.79 Å². The predicted molar refractivity (Wildman–Crippen MR) is 125 cm³/mol. The first-order valence-electron chi connectivity index (χ1n) is 11.0. The van der Waals surface area contributed by atoms with Gasteiger partial charge in [-0.1, -0.05) is 48.0 Å². The Hall–Kier alpha value is -3.21. The Bertz CT molecular complexity index is 1170. The van der Waals surface area contributed by atoms with Gasteiger partial charge in [0.1, 0.15) is 6.04 Å². The normalized spacial score (nSPS) is 14.1. The van der Waals surface area contributed by atoms with Crippen molar-refractivity contribution in [3.05, 3.63) is 80.6 Å². The minimum atomic E-state index is -0.720. The lowest BCUT2D eigenvalue weighted by atomic mass is 9.89. The lowest BCUT2D eigenvalue weighted by molar-refractivity contribution is -0.119. The zero-order valence-electron chi connectivity index (χ0n) is 18.7. The van der Waals surface area contributed by atoms with E-state index in [1.165, 1.54) is 10.2 Å². The minimum absolute atomic E-state index is 0.144. The van der Waals surface area contributed by atoms with Crippen molar-refractivity contribution in [1.29, 1.82) is 0 Å². The number of amides is 1. The molecule has 0 bridgehead atoms. The van der Waals surface area contributed by atoms with Gasteiger partial charge >= 0.3 is 0 Å². The molecule has 1 amide bonds. The zero-order chi connectivity index (χ0) is 22.1. The summed E-state index contributed by atoms with van der Waals surface area (Å²) in [5.74, 6) is -0.238. The van der Waals surface area contributed by atoms with Crippen LogP contribution in [0.15, 0.2) is 47.3 Å². The molecule has 0 spiro atoms. The number of para-hydroxylation sites is 1. The Balaban J connectivity index is 1.77. The van der Waals surface area contributed by atoms with Gasteiger partial charge in [-0.3, -0.25) is 9.59 Å². The standard InChI is InChI=1S/C26H29N3O2/c1-16-12-14-20(15-13-16)24-21-10-5-6-11-22(21)26(31)29(28-24)19(4)25(30)27-23-17(2)8-7-9-18(23)3/h7-9,12-15,19H,5-6,10-11H2,1-4H3,(H,27,30)/t19-/m1/s1. The molecule has 1 N–H and O–H groups in total. The molecule has 3 aromatic rings. The summed E-state index contributed by atoms with van der Waals surface area (Å²) in [5, 5.41) is 7.75. The summed E-state index contributed by atoms with van der Waals surface area (Å²) in [4.78, 5) is 26.4. The number of aryl methyl sites for hydroxylation is 3. The van der Waals surface area contributed by atoms with Crippen LogP contribution < -0.4 is 10.9 Å². The van der Waals surface area contributed by atoms with Gasteiger partial charge in [-0.25, -0.2) is 4.68 Å². The summed E-state index contributed by atoms with van der Waals surface area (Å²) < 4.78 is 1.38. The number of hydrogen-bond acceptors (Lipinski definition) is 3. The molecule has 1 aliphatic rings. The summed E-state index contributed by atoms with van der Waals surface area (Å²) >= 11 is 0. The highest BCUT2D eigenvalue weighted by molar-refractivity contribution is 5.94. The number of carbonyl (C=O) groups excluding carboxylic acids is 1. The van der Waals surface area contributed by atoms with Crippen molar-refractivity contribution >= 4 is 11.6 Å². The molecule has 5 heteroatoms. The Morgan fingerprint density at radius 3 is 2.23 bits per heavy atom. The average molecular weight is 416 g/mol. The smallest absolute Gasteiger partial charge is 0.271 e. The first kappa shape index (κ1) is 21.0. The van der Waals surface area contributed by atoms with Gasteiger partial charge in [0, 0.05) is 16.8 Å². The van der Waals surface area contributed by atoms with Crippen LogP contribution in [-0.2, 0) is 17.6 Å². The van der Waals surface area contributed by atoms with Crippen LogP contribution in [0.2, 0.25) is 0 Å². The van der Waals surface area contributed by atoms with Crippen LogP contribution in [0.1, 0.15) is 53.6 Å². The van der Waals surface area contributed by atoms with Gasteiger partial charge in [0.15, 0.2) is 0 Å². The van der Waals surface area contributed by atoms with Gasteiger partial charge in [0.2, 0.25) is 5.91 Å².